The zero-order valence-electron chi connectivity index (χ0n) is 47.7. The predicted molar refractivity (Wildman–Crippen MR) is 314 cm³/mol. The molecular weight excluding hydrogens is 942 g/mol. The first-order chi connectivity index (χ1) is 36.0. The maximum absolute atomic E-state index is 12.8. The Bertz CT molecular complexity index is 1660. The minimum absolute atomic E-state index is 0.0426. The molecule has 0 saturated carbocycles. The fourth-order valence-corrected chi connectivity index (χ4v) is 8.26. The van der Waals surface area contributed by atoms with Gasteiger partial charge in [0.25, 0.3) is 7.82 Å². The molecule has 0 amide bonds. The number of phosphoric acid groups is 1. The maximum atomic E-state index is 12.8. The minimum Gasteiger partial charge on any atom is -0.756 e. The predicted octanol–water partition coefficient (Wildman–Crippen LogP) is 17.7. The number of carbonyl (C=O) groups excluding carboxylic acids is 2. The molecule has 0 fully saturated rings. The summed E-state index contributed by atoms with van der Waals surface area (Å²) in [4.78, 5) is 37.8. The smallest absolute Gasteiger partial charge is 0.306 e. The van der Waals surface area contributed by atoms with E-state index in [-0.39, 0.29) is 26.1 Å². The maximum Gasteiger partial charge on any atom is 0.306 e. The summed E-state index contributed by atoms with van der Waals surface area (Å²) < 4.78 is 34.1. The molecule has 0 radical (unpaired) electrons. The summed E-state index contributed by atoms with van der Waals surface area (Å²) >= 11 is 0. The number of phosphoric ester groups is 1. The highest BCUT2D eigenvalue weighted by atomic mass is 31.2. The first kappa shape index (κ1) is 70.4. The van der Waals surface area contributed by atoms with Crippen LogP contribution in [0.25, 0.3) is 0 Å². The molecule has 10 heteroatoms. The largest absolute Gasteiger partial charge is 0.756 e. The number of likely N-dealkylation sites (N-methyl/N-ethyl adjacent to an activating group) is 1. The zero-order valence-corrected chi connectivity index (χ0v) is 48.6. The Morgan fingerprint density at radius 1 is 0.419 bits per heavy atom. The summed E-state index contributed by atoms with van der Waals surface area (Å²) in [5.74, 6) is -0.887. The number of unbranched alkanes of at least 4 members (excludes halogenated alkanes) is 18. The van der Waals surface area contributed by atoms with E-state index in [2.05, 4.69) is 135 Å². The Balaban J connectivity index is 4.09. The van der Waals surface area contributed by atoms with Crippen LogP contribution in [0.2, 0.25) is 0 Å². The third-order valence-electron chi connectivity index (χ3n) is 12.0. The van der Waals surface area contributed by atoms with Gasteiger partial charge in [-0.25, -0.2) is 0 Å². The van der Waals surface area contributed by atoms with E-state index in [0.29, 0.717) is 23.9 Å². The third kappa shape index (κ3) is 57.7. The van der Waals surface area contributed by atoms with Crippen LogP contribution < -0.4 is 4.89 Å². The molecule has 9 nitrogen and oxygen atoms in total. The van der Waals surface area contributed by atoms with Crippen molar-refractivity contribution in [2.45, 2.75) is 225 Å². The average Bonchev–Trinajstić information content (AvgIpc) is 3.36. The van der Waals surface area contributed by atoms with Crippen LogP contribution in [0.4, 0.5) is 0 Å². The number of hydrogen-bond acceptors (Lipinski definition) is 8. The first-order valence-electron chi connectivity index (χ1n) is 29.2. The lowest BCUT2D eigenvalue weighted by atomic mass is 10.0. The second-order valence-electron chi connectivity index (χ2n) is 20.2. The van der Waals surface area contributed by atoms with Crippen LogP contribution in [0.5, 0.6) is 0 Å². The number of rotatable bonds is 52. The van der Waals surface area contributed by atoms with Crippen LogP contribution in [0.15, 0.2) is 122 Å². The van der Waals surface area contributed by atoms with Crippen molar-refractivity contribution in [3.8, 4) is 0 Å². The van der Waals surface area contributed by atoms with Gasteiger partial charge in [-0.2, -0.15) is 0 Å². The normalized spacial score (nSPS) is 14.2. The Kier molecular flexibility index (Phi) is 51.6. The number of carbonyl (C=O) groups is 2. The van der Waals surface area contributed by atoms with Crippen molar-refractivity contribution in [1.29, 1.82) is 0 Å². The van der Waals surface area contributed by atoms with Crippen molar-refractivity contribution in [3.05, 3.63) is 122 Å². The molecule has 0 rings (SSSR count). The molecule has 0 aliphatic rings. The lowest BCUT2D eigenvalue weighted by Gasteiger charge is -2.28. The minimum atomic E-state index is -4.65. The summed E-state index contributed by atoms with van der Waals surface area (Å²) in [6.45, 7) is 3.95. The Hall–Kier alpha value is -3.59. The molecule has 422 valence electrons. The molecular formula is C64H108NO8P. The molecule has 0 spiro atoms. The summed E-state index contributed by atoms with van der Waals surface area (Å²) in [6, 6.07) is 0. The van der Waals surface area contributed by atoms with Gasteiger partial charge in [-0.05, 0) is 103 Å². The van der Waals surface area contributed by atoms with Gasteiger partial charge in [0.2, 0.25) is 0 Å². The average molecular weight is 1050 g/mol. The monoisotopic (exact) mass is 1050 g/mol. The van der Waals surface area contributed by atoms with E-state index in [0.717, 1.165) is 96.3 Å². The second kappa shape index (κ2) is 54.2. The van der Waals surface area contributed by atoms with Gasteiger partial charge in [0.05, 0.1) is 27.7 Å². The number of esters is 2. The number of hydrogen-bond donors (Lipinski definition) is 0. The van der Waals surface area contributed by atoms with Gasteiger partial charge in [-0.3, -0.25) is 14.2 Å². The first-order valence-corrected chi connectivity index (χ1v) is 30.7. The van der Waals surface area contributed by atoms with Crippen molar-refractivity contribution in [1.82, 2.24) is 0 Å². The molecule has 0 aromatic rings. The fraction of sp³-hybridized carbons (Fsp3) is 0.656. The summed E-state index contributed by atoms with van der Waals surface area (Å²) in [6.07, 6.45) is 76.9. The second-order valence-corrected chi connectivity index (χ2v) is 21.7. The SMILES string of the molecule is CC/C=C\C/C=C\C/C=C\C/C=C\C/C=C\C/C=C\CCCCCCCCCCCCCCCCCCC(=O)OC(COC(=O)CCCC/C=C\C/C=C\C/C=C\C/C=C\CC)COP(=O)([O-])OCC[N+](C)(C)C. The number of nitrogens with zero attached hydrogens (tertiary/aromatic N) is 1. The van der Waals surface area contributed by atoms with Crippen molar-refractivity contribution in [3.63, 3.8) is 0 Å². The molecule has 0 saturated heterocycles. The van der Waals surface area contributed by atoms with Gasteiger partial charge in [-0.15, -0.1) is 0 Å². The van der Waals surface area contributed by atoms with Gasteiger partial charge < -0.3 is 27.9 Å². The third-order valence-corrected chi connectivity index (χ3v) is 12.9. The van der Waals surface area contributed by atoms with E-state index < -0.39 is 32.5 Å². The van der Waals surface area contributed by atoms with Crippen LogP contribution in [-0.4, -0.2) is 70.0 Å². The molecule has 0 aliphatic heterocycles. The van der Waals surface area contributed by atoms with Gasteiger partial charge >= 0.3 is 11.9 Å². The van der Waals surface area contributed by atoms with Crippen LogP contribution in [-0.2, 0) is 32.7 Å². The molecule has 0 aliphatic carbocycles. The Morgan fingerprint density at radius 3 is 1.11 bits per heavy atom. The zero-order chi connectivity index (χ0) is 54.2. The summed E-state index contributed by atoms with van der Waals surface area (Å²) in [5.41, 5.74) is 0. The molecule has 0 aromatic carbocycles. The summed E-state index contributed by atoms with van der Waals surface area (Å²) in [5, 5.41) is 0. The summed E-state index contributed by atoms with van der Waals surface area (Å²) in [7, 11) is 1.13. The van der Waals surface area contributed by atoms with Crippen molar-refractivity contribution >= 4 is 19.8 Å². The molecule has 2 atom stereocenters. The molecule has 0 bridgehead atoms. The van der Waals surface area contributed by atoms with Crippen LogP contribution in [0.1, 0.15) is 219 Å². The quantitative estimate of drug-likeness (QED) is 0.0195. The Labute approximate surface area is 454 Å². The fourth-order valence-electron chi connectivity index (χ4n) is 7.53. The number of quaternary nitrogens is 1. The highest BCUT2D eigenvalue weighted by Crippen LogP contribution is 2.38. The van der Waals surface area contributed by atoms with Crippen LogP contribution in [0, 0.1) is 0 Å². The van der Waals surface area contributed by atoms with Gasteiger partial charge in [-0.1, -0.05) is 225 Å². The van der Waals surface area contributed by atoms with E-state index in [1.165, 1.54) is 83.5 Å². The number of allylic oxidation sites excluding steroid dienone is 20. The van der Waals surface area contributed by atoms with Crippen LogP contribution >= 0.6 is 7.82 Å². The molecule has 0 heterocycles. The van der Waals surface area contributed by atoms with Crippen molar-refractivity contribution in [2.24, 2.45) is 0 Å². The molecule has 0 aromatic heterocycles. The number of ether oxygens (including phenoxy) is 2. The molecule has 2 unspecified atom stereocenters. The lowest BCUT2D eigenvalue weighted by Crippen LogP contribution is -2.37. The Morgan fingerprint density at radius 2 is 0.730 bits per heavy atom. The van der Waals surface area contributed by atoms with E-state index >= 15 is 0 Å². The van der Waals surface area contributed by atoms with E-state index in [1.807, 2.05) is 21.1 Å². The molecule has 74 heavy (non-hydrogen) atoms. The van der Waals surface area contributed by atoms with Gasteiger partial charge in [0, 0.05) is 12.8 Å². The van der Waals surface area contributed by atoms with Crippen molar-refractivity contribution in [2.75, 3.05) is 47.5 Å². The van der Waals surface area contributed by atoms with E-state index in [9.17, 15) is 19.0 Å². The van der Waals surface area contributed by atoms with Gasteiger partial charge in [0.15, 0.2) is 6.10 Å². The van der Waals surface area contributed by atoms with Crippen molar-refractivity contribution < 1.29 is 42.1 Å². The van der Waals surface area contributed by atoms with Crippen LogP contribution in [0.3, 0.4) is 0 Å². The topological polar surface area (TPSA) is 111 Å². The lowest BCUT2D eigenvalue weighted by molar-refractivity contribution is -0.870. The van der Waals surface area contributed by atoms with E-state index in [1.54, 1.807) is 0 Å². The highest BCUT2D eigenvalue weighted by molar-refractivity contribution is 7.45. The standard InChI is InChI=1S/C64H108NO8P/c1-6-8-10-12-14-16-18-20-22-23-24-25-26-27-28-29-30-31-32-33-34-35-36-37-38-39-40-41-43-45-47-49-51-53-55-57-64(67)73-62(61-72-74(68,69)71-59-58-65(3,4)5)60-70-63(66)56-54-52-50-48-46-44-42-21-19-17-15-13-11-9-7-2/h8-11,14-17,20-22,24-25,27-28,30-31,42,46,48,62H,6-7,12-13,18-19,23,26,29,32-41,43-45,47,49-61H2,1-5H3/b10-8-,11-9-,16-14-,17-15-,22-20-,25-24-,28-27-,31-30-,42-21-,48-46-. The van der Waals surface area contributed by atoms with E-state index in [4.69, 9.17) is 18.5 Å². The van der Waals surface area contributed by atoms with Gasteiger partial charge in [0.1, 0.15) is 19.8 Å². The highest BCUT2D eigenvalue weighted by Gasteiger charge is 2.21. The molecule has 0 N–H and O–H groups in total.